The normalized spacial score (nSPS) is 11.6. The van der Waals surface area contributed by atoms with Gasteiger partial charge in [0.1, 0.15) is 18.1 Å². The summed E-state index contributed by atoms with van der Waals surface area (Å²) < 4.78 is 22.1. The average molecular weight is 602 g/mol. The lowest BCUT2D eigenvalue weighted by molar-refractivity contribution is -0.116. The molecule has 0 radical (unpaired) electrons. The third kappa shape index (κ3) is 5.84. The Morgan fingerprint density at radius 1 is 1.02 bits per heavy atom. The smallest absolute Gasteiger partial charge is 0.282 e. The summed E-state index contributed by atoms with van der Waals surface area (Å²) in [6.45, 7) is 6.16. The minimum atomic E-state index is -0.375. The van der Waals surface area contributed by atoms with Gasteiger partial charge in [-0.25, -0.2) is 9.37 Å². The third-order valence-electron chi connectivity index (χ3n) is 7.77. The van der Waals surface area contributed by atoms with E-state index in [4.69, 9.17) is 14.8 Å². The average Bonchev–Trinajstić information content (AvgIpc) is 3.38. The second kappa shape index (κ2) is 12.2. The van der Waals surface area contributed by atoms with Crippen LogP contribution in [0.4, 0.5) is 10.1 Å². The van der Waals surface area contributed by atoms with Gasteiger partial charge in [0, 0.05) is 33.9 Å². The number of carbonyl (C=O) groups is 1. The number of fused-ring (bicyclic) bond motifs is 2. The molecule has 0 saturated heterocycles. The zero-order chi connectivity index (χ0) is 31.7. The number of carbonyl (C=O) groups excluding carboxylic acids is 1. The lowest BCUT2D eigenvalue weighted by atomic mass is 9.96. The number of aromatic nitrogens is 3. The number of amides is 1. The number of nitrogens with zero attached hydrogens (tertiary/aromatic N) is 4. The summed E-state index contributed by atoms with van der Waals surface area (Å²) >= 11 is 0. The molecule has 6 rings (SSSR count). The predicted molar refractivity (Wildman–Crippen MR) is 177 cm³/mol. The maximum absolute atomic E-state index is 13.9. The van der Waals surface area contributed by atoms with Crippen molar-refractivity contribution in [3.8, 4) is 17.1 Å². The molecule has 0 saturated carbocycles. The van der Waals surface area contributed by atoms with Crippen molar-refractivity contribution in [2.75, 3.05) is 12.4 Å². The van der Waals surface area contributed by atoms with Crippen molar-refractivity contribution in [3.63, 3.8) is 0 Å². The van der Waals surface area contributed by atoms with Crippen molar-refractivity contribution in [2.24, 2.45) is 5.10 Å². The summed E-state index contributed by atoms with van der Waals surface area (Å²) in [5.41, 5.74) is 5.00. The molecule has 8 nitrogen and oxygen atoms in total. The summed E-state index contributed by atoms with van der Waals surface area (Å²) in [6, 6.07) is 24.5. The fourth-order valence-corrected chi connectivity index (χ4v) is 5.49. The van der Waals surface area contributed by atoms with Crippen LogP contribution in [0.15, 0.2) is 101 Å². The van der Waals surface area contributed by atoms with Crippen molar-refractivity contribution >= 4 is 39.6 Å². The number of hydrogen-bond donors (Lipinski definition) is 1. The van der Waals surface area contributed by atoms with Crippen molar-refractivity contribution in [2.45, 2.75) is 33.2 Å². The van der Waals surface area contributed by atoms with Crippen LogP contribution in [0.25, 0.3) is 33.2 Å². The molecule has 0 aliphatic rings. The van der Waals surface area contributed by atoms with Crippen LogP contribution in [0.5, 0.6) is 5.75 Å². The molecule has 6 aromatic rings. The Morgan fingerprint density at radius 2 is 1.73 bits per heavy atom. The van der Waals surface area contributed by atoms with Crippen molar-refractivity contribution in [1.29, 1.82) is 0 Å². The van der Waals surface area contributed by atoms with E-state index in [2.05, 4.69) is 19.2 Å². The van der Waals surface area contributed by atoms with E-state index in [9.17, 15) is 14.0 Å². The Hall–Kier alpha value is -5.57. The SMILES string of the molecule is COc1cc(C)c(-c2nc3ccccc3c(=O)n2N=Cc2cn(CC(=O)Nc3ccc(F)cc3)c3ccccc23)cc1C(C)C. The first kappa shape index (κ1) is 29.5. The summed E-state index contributed by atoms with van der Waals surface area (Å²) in [6.07, 6.45) is 3.45. The molecule has 2 aromatic heterocycles. The molecule has 0 aliphatic heterocycles. The first-order valence-electron chi connectivity index (χ1n) is 14.6. The molecule has 226 valence electrons. The van der Waals surface area contributed by atoms with Gasteiger partial charge in [0.05, 0.1) is 24.2 Å². The first-order chi connectivity index (χ1) is 21.7. The molecule has 0 atom stereocenters. The van der Waals surface area contributed by atoms with Crippen LogP contribution in [0.2, 0.25) is 0 Å². The highest BCUT2D eigenvalue weighted by Crippen LogP contribution is 2.34. The van der Waals surface area contributed by atoms with E-state index in [-0.39, 0.29) is 29.7 Å². The lowest BCUT2D eigenvalue weighted by Crippen LogP contribution is -2.21. The van der Waals surface area contributed by atoms with Crippen molar-refractivity contribution in [1.82, 2.24) is 14.2 Å². The Kier molecular flexibility index (Phi) is 8.00. The number of para-hydroxylation sites is 2. The van der Waals surface area contributed by atoms with Gasteiger partial charge >= 0.3 is 0 Å². The highest BCUT2D eigenvalue weighted by Gasteiger charge is 2.19. The highest BCUT2D eigenvalue weighted by atomic mass is 19.1. The number of halogens is 1. The minimum absolute atomic E-state index is 0.0253. The molecule has 45 heavy (non-hydrogen) atoms. The van der Waals surface area contributed by atoms with E-state index in [1.807, 2.05) is 66.2 Å². The lowest BCUT2D eigenvalue weighted by Gasteiger charge is -2.17. The van der Waals surface area contributed by atoms with Gasteiger partial charge in [-0.05, 0) is 78.6 Å². The molecule has 2 heterocycles. The molecule has 0 spiro atoms. The molecule has 0 bridgehead atoms. The molecule has 0 fully saturated rings. The Balaban J connectivity index is 1.44. The second-order valence-corrected chi connectivity index (χ2v) is 11.2. The fraction of sp³-hybridized carbons (Fsp3) is 0.167. The molecular formula is C36H32FN5O3. The molecule has 0 unspecified atom stereocenters. The third-order valence-corrected chi connectivity index (χ3v) is 7.77. The summed E-state index contributed by atoms with van der Waals surface area (Å²) in [7, 11) is 1.65. The number of benzene rings is 4. The van der Waals surface area contributed by atoms with Gasteiger partial charge in [0.2, 0.25) is 5.91 Å². The largest absolute Gasteiger partial charge is 0.496 e. The quantitative estimate of drug-likeness (QED) is 0.188. The van der Waals surface area contributed by atoms with E-state index >= 15 is 0 Å². The predicted octanol–water partition coefficient (Wildman–Crippen LogP) is 7.12. The van der Waals surface area contributed by atoms with Gasteiger partial charge in [-0.3, -0.25) is 9.59 Å². The standard InChI is InChI=1S/C36H32FN5O3/c1-22(2)29-18-30(23(3)17-33(29)45-4)35-40-31-11-7-5-10-28(31)36(44)42(35)38-19-24-20-41(32-12-8-6-9-27(24)32)21-34(43)39-26-15-13-25(37)14-16-26/h5-20,22H,21H2,1-4H3,(H,39,43). The van der Waals surface area contributed by atoms with Crippen LogP contribution in [0.3, 0.4) is 0 Å². The van der Waals surface area contributed by atoms with E-state index in [0.717, 1.165) is 38.9 Å². The van der Waals surface area contributed by atoms with Crippen LogP contribution in [0, 0.1) is 12.7 Å². The monoisotopic (exact) mass is 601 g/mol. The Morgan fingerprint density at radius 3 is 2.47 bits per heavy atom. The number of aryl methyl sites for hydroxylation is 1. The number of ether oxygens (including phenoxy) is 1. The van der Waals surface area contributed by atoms with E-state index < -0.39 is 0 Å². The summed E-state index contributed by atoms with van der Waals surface area (Å²) in [5.74, 6) is 0.730. The molecule has 4 aromatic carbocycles. The zero-order valence-corrected chi connectivity index (χ0v) is 25.4. The van der Waals surface area contributed by atoms with Gasteiger partial charge in [-0.15, -0.1) is 0 Å². The second-order valence-electron chi connectivity index (χ2n) is 11.2. The molecule has 9 heteroatoms. The topological polar surface area (TPSA) is 90.5 Å². The van der Waals surface area contributed by atoms with Crippen molar-refractivity contribution in [3.05, 3.63) is 124 Å². The number of methoxy groups -OCH3 is 1. The van der Waals surface area contributed by atoms with Gasteiger partial charge < -0.3 is 14.6 Å². The number of anilines is 1. The van der Waals surface area contributed by atoms with Gasteiger partial charge in [0.25, 0.3) is 5.56 Å². The van der Waals surface area contributed by atoms with Gasteiger partial charge in [-0.1, -0.05) is 44.2 Å². The number of rotatable bonds is 8. The van der Waals surface area contributed by atoms with Crippen LogP contribution in [0.1, 0.15) is 36.5 Å². The van der Waals surface area contributed by atoms with Crippen molar-refractivity contribution < 1.29 is 13.9 Å². The van der Waals surface area contributed by atoms with Crippen LogP contribution in [-0.4, -0.2) is 33.5 Å². The van der Waals surface area contributed by atoms with E-state index in [1.54, 1.807) is 25.5 Å². The Labute approximate surface area is 259 Å². The van der Waals surface area contributed by atoms with Gasteiger partial charge in [0.15, 0.2) is 5.82 Å². The molecule has 1 N–H and O–H groups in total. The molecular weight excluding hydrogens is 569 g/mol. The van der Waals surface area contributed by atoms with E-state index in [0.29, 0.717) is 22.4 Å². The fourth-order valence-electron chi connectivity index (χ4n) is 5.49. The number of nitrogens with one attached hydrogen (secondary N) is 1. The summed E-state index contributed by atoms with van der Waals surface area (Å²) in [5, 5.41) is 8.83. The maximum atomic E-state index is 13.9. The molecule has 1 amide bonds. The molecule has 0 aliphatic carbocycles. The maximum Gasteiger partial charge on any atom is 0.282 e. The van der Waals surface area contributed by atoms with Crippen LogP contribution in [-0.2, 0) is 11.3 Å². The number of hydrogen-bond acceptors (Lipinski definition) is 5. The first-order valence-corrected chi connectivity index (χ1v) is 14.6. The van der Waals surface area contributed by atoms with E-state index in [1.165, 1.54) is 28.9 Å². The van der Waals surface area contributed by atoms with Crippen LogP contribution < -0.4 is 15.6 Å². The van der Waals surface area contributed by atoms with Gasteiger partial charge in [-0.2, -0.15) is 9.78 Å². The Bertz CT molecular complexity index is 2150. The van der Waals surface area contributed by atoms with Crippen LogP contribution >= 0.6 is 0 Å². The highest BCUT2D eigenvalue weighted by molar-refractivity contribution is 6.00. The minimum Gasteiger partial charge on any atom is -0.496 e. The summed E-state index contributed by atoms with van der Waals surface area (Å²) in [4.78, 5) is 31.7. The zero-order valence-electron chi connectivity index (χ0n) is 25.4.